The van der Waals surface area contributed by atoms with Crippen LogP contribution in [0.25, 0.3) is 12.2 Å². The van der Waals surface area contributed by atoms with Gasteiger partial charge in [-0.1, -0.05) is 70.5 Å². The number of hydrogen-bond acceptors (Lipinski definition) is 3. The zero-order valence-electron chi connectivity index (χ0n) is 15.6. The maximum atomic E-state index is 12.8. The Morgan fingerprint density at radius 1 is 0.966 bits per heavy atom. The minimum absolute atomic E-state index is 0.179. The molecule has 1 N–H and O–H groups in total. The van der Waals surface area contributed by atoms with Crippen LogP contribution in [0.4, 0.5) is 5.69 Å². The highest BCUT2D eigenvalue weighted by Gasteiger charge is 2.19. The van der Waals surface area contributed by atoms with Crippen molar-refractivity contribution in [1.82, 2.24) is 0 Å². The Balaban J connectivity index is 1.69. The molecule has 4 rings (SSSR count). The molecule has 1 aliphatic heterocycles. The number of benzene rings is 3. The van der Waals surface area contributed by atoms with E-state index in [1.807, 2.05) is 72.8 Å². The van der Waals surface area contributed by atoms with Gasteiger partial charge in [0, 0.05) is 10.0 Å². The van der Waals surface area contributed by atoms with Gasteiger partial charge in [0.05, 0.1) is 17.8 Å². The standard InChI is InChI=1S/C24H19BrN2O2/c25-20-13-11-19(12-14-20)23(28)27-21-8-4-7-18(22(21)24-26-15-16-29-24)10-9-17-5-2-1-3-6-17/h1-14H,15-16H2,(H,27,28)/b10-9+. The summed E-state index contributed by atoms with van der Waals surface area (Å²) in [7, 11) is 0. The summed E-state index contributed by atoms with van der Waals surface area (Å²) in [5, 5.41) is 3.01. The fourth-order valence-corrected chi connectivity index (χ4v) is 3.35. The molecule has 0 aliphatic carbocycles. The lowest BCUT2D eigenvalue weighted by atomic mass is 10.0. The van der Waals surface area contributed by atoms with Crippen LogP contribution in [0.5, 0.6) is 0 Å². The van der Waals surface area contributed by atoms with E-state index in [9.17, 15) is 4.79 Å². The van der Waals surface area contributed by atoms with Gasteiger partial charge in [-0.15, -0.1) is 0 Å². The van der Waals surface area contributed by atoms with Crippen LogP contribution in [0.2, 0.25) is 0 Å². The first-order chi connectivity index (χ1) is 14.2. The summed E-state index contributed by atoms with van der Waals surface area (Å²) in [5.74, 6) is 0.381. The van der Waals surface area contributed by atoms with Crippen molar-refractivity contribution in [2.45, 2.75) is 0 Å². The first kappa shape index (κ1) is 19.2. The smallest absolute Gasteiger partial charge is 0.255 e. The third-order valence-corrected chi connectivity index (χ3v) is 5.03. The van der Waals surface area contributed by atoms with E-state index in [1.54, 1.807) is 12.1 Å². The first-order valence-corrected chi connectivity index (χ1v) is 10.1. The predicted molar refractivity (Wildman–Crippen MR) is 121 cm³/mol. The van der Waals surface area contributed by atoms with E-state index in [2.05, 4.69) is 26.2 Å². The molecule has 0 saturated carbocycles. The summed E-state index contributed by atoms with van der Waals surface area (Å²) in [6, 6.07) is 23.1. The van der Waals surface area contributed by atoms with Crippen molar-refractivity contribution in [3.63, 3.8) is 0 Å². The van der Waals surface area contributed by atoms with E-state index in [-0.39, 0.29) is 5.91 Å². The Morgan fingerprint density at radius 3 is 2.48 bits per heavy atom. The molecule has 0 saturated heterocycles. The van der Waals surface area contributed by atoms with E-state index in [4.69, 9.17) is 4.74 Å². The molecule has 3 aromatic carbocycles. The molecule has 0 spiro atoms. The van der Waals surface area contributed by atoms with E-state index >= 15 is 0 Å². The summed E-state index contributed by atoms with van der Waals surface area (Å²) in [5.41, 5.74) is 4.08. The van der Waals surface area contributed by atoms with Gasteiger partial charge in [0.1, 0.15) is 6.61 Å². The van der Waals surface area contributed by atoms with Crippen LogP contribution in [0.15, 0.2) is 82.3 Å². The molecule has 0 atom stereocenters. The molecular formula is C24H19BrN2O2. The Hall–Kier alpha value is -3.18. The average molecular weight is 447 g/mol. The number of halogens is 1. The van der Waals surface area contributed by atoms with Gasteiger partial charge in [-0.2, -0.15) is 0 Å². The van der Waals surface area contributed by atoms with Crippen LogP contribution in [0, 0.1) is 0 Å². The summed E-state index contributed by atoms with van der Waals surface area (Å²) < 4.78 is 6.66. The number of aliphatic imine (C=N–C) groups is 1. The number of hydrogen-bond donors (Lipinski definition) is 1. The fourth-order valence-electron chi connectivity index (χ4n) is 3.08. The molecule has 1 aliphatic rings. The van der Waals surface area contributed by atoms with Gasteiger partial charge >= 0.3 is 0 Å². The highest BCUT2D eigenvalue weighted by atomic mass is 79.9. The van der Waals surface area contributed by atoms with Crippen molar-refractivity contribution >= 4 is 45.6 Å². The van der Waals surface area contributed by atoms with Crippen LogP contribution in [0.1, 0.15) is 27.0 Å². The minimum atomic E-state index is -0.179. The summed E-state index contributed by atoms with van der Waals surface area (Å²) in [6.45, 7) is 1.17. The van der Waals surface area contributed by atoms with Gasteiger partial charge in [-0.3, -0.25) is 4.79 Å². The Bertz CT molecular complexity index is 1070. The van der Waals surface area contributed by atoms with Crippen molar-refractivity contribution in [2.75, 3.05) is 18.5 Å². The van der Waals surface area contributed by atoms with Gasteiger partial charge in [0.15, 0.2) is 0 Å². The number of nitrogens with one attached hydrogen (secondary N) is 1. The van der Waals surface area contributed by atoms with Gasteiger partial charge < -0.3 is 10.1 Å². The largest absolute Gasteiger partial charge is 0.475 e. The lowest BCUT2D eigenvalue weighted by Crippen LogP contribution is -2.16. The van der Waals surface area contributed by atoms with Crippen LogP contribution in [-0.4, -0.2) is 25.0 Å². The molecule has 0 aromatic heterocycles. The van der Waals surface area contributed by atoms with Crippen LogP contribution in [-0.2, 0) is 4.74 Å². The van der Waals surface area contributed by atoms with Gasteiger partial charge in [0.25, 0.3) is 5.91 Å². The molecule has 0 unspecified atom stereocenters. The maximum Gasteiger partial charge on any atom is 0.255 e. The highest BCUT2D eigenvalue weighted by Crippen LogP contribution is 2.26. The van der Waals surface area contributed by atoms with E-state index in [0.29, 0.717) is 30.3 Å². The van der Waals surface area contributed by atoms with Crippen LogP contribution < -0.4 is 5.32 Å². The third kappa shape index (κ3) is 4.63. The van der Waals surface area contributed by atoms with Crippen molar-refractivity contribution in [3.8, 4) is 0 Å². The third-order valence-electron chi connectivity index (χ3n) is 4.51. The number of carbonyl (C=O) groups excluding carboxylic acids is 1. The SMILES string of the molecule is O=C(Nc1cccc(/C=C/c2ccccc2)c1C1=NCCO1)c1ccc(Br)cc1. The van der Waals surface area contributed by atoms with E-state index in [1.165, 1.54) is 0 Å². The number of carbonyl (C=O) groups is 1. The first-order valence-electron chi connectivity index (χ1n) is 9.31. The Morgan fingerprint density at radius 2 is 1.76 bits per heavy atom. The van der Waals surface area contributed by atoms with Crippen LogP contribution >= 0.6 is 15.9 Å². The lowest BCUT2D eigenvalue weighted by Gasteiger charge is -2.14. The molecule has 0 radical (unpaired) electrons. The zero-order chi connectivity index (χ0) is 20.1. The van der Waals surface area contributed by atoms with E-state index < -0.39 is 0 Å². The molecule has 1 amide bonds. The summed E-state index contributed by atoms with van der Waals surface area (Å²) in [6.07, 6.45) is 4.05. The number of amides is 1. The fraction of sp³-hybridized carbons (Fsp3) is 0.0833. The molecule has 4 nitrogen and oxygen atoms in total. The second-order valence-electron chi connectivity index (χ2n) is 6.51. The summed E-state index contributed by atoms with van der Waals surface area (Å²) in [4.78, 5) is 17.2. The van der Waals surface area contributed by atoms with Crippen LogP contribution in [0.3, 0.4) is 0 Å². The Kier molecular flexibility index (Phi) is 5.86. The lowest BCUT2D eigenvalue weighted by molar-refractivity contribution is 0.102. The quantitative estimate of drug-likeness (QED) is 0.514. The van der Waals surface area contributed by atoms with Crippen molar-refractivity contribution < 1.29 is 9.53 Å². The molecule has 144 valence electrons. The molecule has 3 aromatic rings. The number of ether oxygens (including phenoxy) is 1. The molecular weight excluding hydrogens is 428 g/mol. The highest BCUT2D eigenvalue weighted by molar-refractivity contribution is 9.10. The second kappa shape index (κ2) is 8.88. The number of anilines is 1. The average Bonchev–Trinajstić information content (AvgIpc) is 3.28. The molecule has 0 fully saturated rings. The number of rotatable bonds is 5. The summed E-state index contributed by atoms with van der Waals surface area (Å²) >= 11 is 3.39. The zero-order valence-corrected chi connectivity index (χ0v) is 17.2. The monoisotopic (exact) mass is 446 g/mol. The van der Waals surface area contributed by atoms with Gasteiger partial charge in [-0.25, -0.2) is 4.99 Å². The molecule has 1 heterocycles. The van der Waals surface area contributed by atoms with Crippen molar-refractivity contribution in [1.29, 1.82) is 0 Å². The van der Waals surface area contributed by atoms with Gasteiger partial charge in [-0.05, 0) is 41.5 Å². The number of nitrogens with zero attached hydrogens (tertiary/aromatic N) is 1. The van der Waals surface area contributed by atoms with Crippen molar-refractivity contribution in [2.24, 2.45) is 4.99 Å². The maximum absolute atomic E-state index is 12.8. The molecule has 0 bridgehead atoms. The topological polar surface area (TPSA) is 50.7 Å². The van der Waals surface area contributed by atoms with Gasteiger partial charge in [0.2, 0.25) is 5.90 Å². The molecule has 5 heteroatoms. The predicted octanol–water partition coefficient (Wildman–Crippen LogP) is 5.65. The second-order valence-corrected chi connectivity index (χ2v) is 7.43. The Labute approximate surface area is 178 Å². The molecule has 29 heavy (non-hydrogen) atoms. The normalized spacial score (nSPS) is 13.2. The minimum Gasteiger partial charge on any atom is -0.475 e. The van der Waals surface area contributed by atoms with E-state index in [0.717, 1.165) is 21.2 Å². The van der Waals surface area contributed by atoms with Crippen molar-refractivity contribution in [3.05, 3.63) is 99.5 Å².